The minimum atomic E-state index is 0.231. The first-order chi connectivity index (χ1) is 13.1. The van der Waals surface area contributed by atoms with E-state index in [1.807, 2.05) is 32.0 Å². The van der Waals surface area contributed by atoms with Crippen molar-refractivity contribution in [2.45, 2.75) is 32.7 Å². The number of hydrogen-bond donors (Lipinski definition) is 1. The smallest absolute Gasteiger partial charge is 0.222 e. The Balaban J connectivity index is 1.54. The van der Waals surface area contributed by atoms with Gasteiger partial charge in [-0.25, -0.2) is 0 Å². The molecule has 0 radical (unpaired) electrons. The molecule has 4 heteroatoms. The molecule has 1 amide bonds. The van der Waals surface area contributed by atoms with Crippen molar-refractivity contribution in [3.8, 4) is 0 Å². The third kappa shape index (κ3) is 4.70. The highest BCUT2D eigenvalue weighted by Gasteiger charge is 2.13. The number of anilines is 1. The van der Waals surface area contributed by atoms with Crippen LogP contribution in [-0.4, -0.2) is 36.4 Å². The van der Waals surface area contributed by atoms with Crippen LogP contribution in [0.4, 0.5) is 5.69 Å². The first-order valence-corrected chi connectivity index (χ1v) is 9.67. The van der Waals surface area contributed by atoms with E-state index in [1.165, 1.54) is 22.2 Å². The number of rotatable bonds is 8. The molecule has 0 saturated carbocycles. The Morgan fingerprint density at radius 2 is 1.78 bits per heavy atom. The second kappa shape index (κ2) is 8.76. The molecule has 4 nitrogen and oxygen atoms in total. The maximum Gasteiger partial charge on any atom is 0.222 e. The van der Waals surface area contributed by atoms with Crippen LogP contribution in [-0.2, 0) is 17.8 Å². The van der Waals surface area contributed by atoms with Crippen molar-refractivity contribution in [3.63, 3.8) is 0 Å². The number of H-pyrrole nitrogens is 1. The summed E-state index contributed by atoms with van der Waals surface area (Å²) in [5, 5.41) is 1.26. The van der Waals surface area contributed by atoms with E-state index >= 15 is 0 Å². The molecule has 0 aliphatic carbocycles. The molecule has 0 bridgehead atoms. The molecule has 2 aromatic carbocycles. The maximum atomic E-state index is 12.7. The van der Waals surface area contributed by atoms with Gasteiger partial charge in [0.15, 0.2) is 0 Å². The zero-order valence-electron chi connectivity index (χ0n) is 16.5. The number of para-hydroxylation sites is 1. The number of aryl methyl sites for hydroxylation is 1. The average Bonchev–Trinajstić information content (AvgIpc) is 3.09. The molecule has 0 aliphatic heterocycles. The maximum absolute atomic E-state index is 12.7. The van der Waals surface area contributed by atoms with Gasteiger partial charge >= 0.3 is 0 Å². The Hall–Kier alpha value is -2.75. The van der Waals surface area contributed by atoms with E-state index in [1.54, 1.807) is 0 Å². The molecule has 27 heavy (non-hydrogen) atoms. The molecular weight excluding hydrogens is 334 g/mol. The molecule has 3 aromatic rings. The summed E-state index contributed by atoms with van der Waals surface area (Å²) in [6.07, 6.45) is 4.45. The number of amides is 1. The molecule has 0 spiro atoms. The fraction of sp³-hybridized carbons (Fsp3) is 0.348. The number of fused-ring (bicyclic) bond motifs is 1. The monoisotopic (exact) mass is 363 g/mol. The van der Waals surface area contributed by atoms with Crippen molar-refractivity contribution in [2.75, 3.05) is 25.5 Å². The second-order valence-corrected chi connectivity index (χ2v) is 7.18. The lowest BCUT2D eigenvalue weighted by molar-refractivity contribution is -0.131. The van der Waals surface area contributed by atoms with Gasteiger partial charge in [-0.2, -0.15) is 0 Å². The molecule has 0 aliphatic rings. The predicted molar refractivity (Wildman–Crippen MR) is 113 cm³/mol. The Morgan fingerprint density at radius 3 is 2.48 bits per heavy atom. The van der Waals surface area contributed by atoms with E-state index in [-0.39, 0.29) is 5.91 Å². The summed E-state index contributed by atoms with van der Waals surface area (Å²) in [5.74, 6) is 0.231. The fourth-order valence-corrected chi connectivity index (χ4v) is 3.42. The lowest BCUT2D eigenvalue weighted by Crippen LogP contribution is -2.30. The van der Waals surface area contributed by atoms with Crippen LogP contribution in [0.15, 0.2) is 54.7 Å². The number of aromatic nitrogens is 1. The molecule has 0 saturated heterocycles. The summed E-state index contributed by atoms with van der Waals surface area (Å²) in [6, 6.07) is 16.7. The molecule has 142 valence electrons. The summed E-state index contributed by atoms with van der Waals surface area (Å²) in [6.45, 7) is 3.46. The van der Waals surface area contributed by atoms with E-state index in [9.17, 15) is 4.79 Å². The number of benzene rings is 2. The molecular formula is C23H29N3O. The van der Waals surface area contributed by atoms with Crippen molar-refractivity contribution in [1.29, 1.82) is 0 Å². The third-order valence-electron chi connectivity index (χ3n) is 5.07. The standard InChI is InChI=1S/C23H29N3O/c1-4-26(17-18-12-14-20(15-13-18)25(2)3)23(27)11-7-8-19-16-24-22-10-6-5-9-21(19)22/h5-6,9-10,12-16,24H,4,7-8,11,17H2,1-3H3. The lowest BCUT2D eigenvalue weighted by Gasteiger charge is -2.21. The van der Waals surface area contributed by atoms with Crippen molar-refractivity contribution in [3.05, 3.63) is 65.9 Å². The van der Waals surface area contributed by atoms with Crippen molar-refractivity contribution >= 4 is 22.5 Å². The van der Waals surface area contributed by atoms with Crippen molar-refractivity contribution in [1.82, 2.24) is 9.88 Å². The molecule has 0 atom stereocenters. The van der Waals surface area contributed by atoms with E-state index in [2.05, 4.69) is 58.5 Å². The Bertz CT molecular complexity index is 880. The summed E-state index contributed by atoms with van der Waals surface area (Å²) in [5.41, 5.74) is 4.80. The van der Waals surface area contributed by atoms with Gasteiger partial charge in [-0.1, -0.05) is 30.3 Å². The van der Waals surface area contributed by atoms with Gasteiger partial charge in [-0.15, -0.1) is 0 Å². The zero-order chi connectivity index (χ0) is 19.2. The van der Waals surface area contributed by atoms with Gasteiger partial charge in [0.05, 0.1) is 0 Å². The van der Waals surface area contributed by atoms with Crippen LogP contribution < -0.4 is 4.90 Å². The number of carbonyl (C=O) groups excluding carboxylic acids is 1. The average molecular weight is 364 g/mol. The van der Waals surface area contributed by atoms with E-state index in [0.29, 0.717) is 13.0 Å². The first-order valence-electron chi connectivity index (χ1n) is 9.67. The summed E-state index contributed by atoms with van der Waals surface area (Å²) in [4.78, 5) is 20.0. The molecule has 0 unspecified atom stereocenters. The minimum Gasteiger partial charge on any atom is -0.378 e. The van der Waals surface area contributed by atoms with Gasteiger partial charge < -0.3 is 14.8 Å². The van der Waals surface area contributed by atoms with Gasteiger partial charge in [0.25, 0.3) is 0 Å². The predicted octanol–water partition coefficient (Wildman–Crippen LogP) is 4.61. The van der Waals surface area contributed by atoms with Crippen LogP contribution in [0.1, 0.15) is 30.9 Å². The van der Waals surface area contributed by atoms with Crippen LogP contribution in [0.25, 0.3) is 10.9 Å². The van der Waals surface area contributed by atoms with Crippen LogP contribution in [0.5, 0.6) is 0 Å². The quantitative estimate of drug-likeness (QED) is 0.635. The zero-order valence-corrected chi connectivity index (χ0v) is 16.5. The summed E-state index contributed by atoms with van der Waals surface area (Å²) < 4.78 is 0. The first kappa shape index (κ1) is 19.0. The Kier molecular flexibility index (Phi) is 6.17. The van der Waals surface area contributed by atoms with Crippen molar-refractivity contribution in [2.24, 2.45) is 0 Å². The summed E-state index contributed by atoms with van der Waals surface area (Å²) in [7, 11) is 4.06. The highest BCUT2D eigenvalue weighted by Crippen LogP contribution is 2.20. The van der Waals surface area contributed by atoms with Gasteiger partial charge in [0, 0.05) is 56.4 Å². The normalized spacial score (nSPS) is 10.9. The van der Waals surface area contributed by atoms with Crippen molar-refractivity contribution < 1.29 is 4.79 Å². The van der Waals surface area contributed by atoms with E-state index in [0.717, 1.165) is 24.9 Å². The highest BCUT2D eigenvalue weighted by atomic mass is 16.2. The molecule has 0 fully saturated rings. The number of carbonyl (C=O) groups is 1. The van der Waals surface area contributed by atoms with Crippen LogP contribution in [0.3, 0.4) is 0 Å². The minimum absolute atomic E-state index is 0.231. The van der Waals surface area contributed by atoms with Crippen LogP contribution >= 0.6 is 0 Å². The SMILES string of the molecule is CCN(Cc1ccc(N(C)C)cc1)C(=O)CCCc1c[nH]c2ccccc12. The van der Waals surface area contributed by atoms with E-state index < -0.39 is 0 Å². The van der Waals surface area contributed by atoms with Gasteiger partial charge in [-0.3, -0.25) is 4.79 Å². The van der Waals surface area contributed by atoms with Gasteiger partial charge in [-0.05, 0) is 49.1 Å². The Labute approximate surface area is 161 Å². The fourth-order valence-electron chi connectivity index (χ4n) is 3.42. The number of aromatic amines is 1. The molecule has 1 N–H and O–H groups in total. The van der Waals surface area contributed by atoms with Gasteiger partial charge in [0.1, 0.15) is 0 Å². The van der Waals surface area contributed by atoms with E-state index in [4.69, 9.17) is 0 Å². The molecule has 3 rings (SSSR count). The molecule has 1 heterocycles. The number of nitrogens with one attached hydrogen (secondary N) is 1. The topological polar surface area (TPSA) is 39.3 Å². The Morgan fingerprint density at radius 1 is 1.04 bits per heavy atom. The van der Waals surface area contributed by atoms with Crippen LogP contribution in [0, 0.1) is 0 Å². The number of nitrogens with zero attached hydrogens (tertiary/aromatic N) is 2. The largest absolute Gasteiger partial charge is 0.378 e. The number of hydrogen-bond acceptors (Lipinski definition) is 2. The van der Waals surface area contributed by atoms with Gasteiger partial charge in [0.2, 0.25) is 5.91 Å². The lowest BCUT2D eigenvalue weighted by atomic mass is 10.1. The summed E-state index contributed by atoms with van der Waals surface area (Å²) >= 11 is 0. The molecule has 1 aromatic heterocycles. The van der Waals surface area contributed by atoms with Crippen LogP contribution in [0.2, 0.25) is 0 Å². The highest BCUT2D eigenvalue weighted by molar-refractivity contribution is 5.83. The second-order valence-electron chi connectivity index (χ2n) is 7.18. The third-order valence-corrected chi connectivity index (χ3v) is 5.07.